The highest BCUT2D eigenvalue weighted by molar-refractivity contribution is 5.95. The van der Waals surface area contributed by atoms with Crippen LogP contribution in [0.25, 0.3) is 0 Å². The van der Waals surface area contributed by atoms with E-state index in [9.17, 15) is 29.1 Å². The molecular weight excluding hydrogens is 374 g/mol. The fourth-order valence-corrected chi connectivity index (χ4v) is 2.71. The van der Waals surface area contributed by atoms with E-state index < -0.39 is 48.3 Å². The lowest BCUT2D eigenvalue weighted by molar-refractivity contribution is -0.143. The summed E-state index contributed by atoms with van der Waals surface area (Å²) in [6, 6.07) is -3.33. The number of aromatic amines is 1. The number of hydrogen-bond acceptors (Lipinski definition) is 6. The molecule has 0 spiro atoms. The first-order valence-electron chi connectivity index (χ1n) is 8.58. The van der Waals surface area contributed by atoms with Crippen LogP contribution < -0.4 is 16.0 Å². The van der Waals surface area contributed by atoms with Crippen molar-refractivity contribution in [3.8, 4) is 0 Å². The molecule has 0 bridgehead atoms. The Bertz CT molecular complexity index is 749. The molecule has 3 amide bonds. The van der Waals surface area contributed by atoms with Gasteiger partial charge in [0, 0.05) is 31.2 Å². The summed E-state index contributed by atoms with van der Waals surface area (Å²) in [5.74, 6) is -4.20. The van der Waals surface area contributed by atoms with Gasteiger partial charge in [0.05, 0.1) is 6.33 Å². The third kappa shape index (κ3) is 6.07. The van der Waals surface area contributed by atoms with Gasteiger partial charge in [0.25, 0.3) is 0 Å². The highest BCUT2D eigenvalue weighted by Gasteiger charge is 2.32. The third-order valence-electron chi connectivity index (χ3n) is 4.19. The van der Waals surface area contributed by atoms with E-state index >= 15 is 0 Å². The van der Waals surface area contributed by atoms with Gasteiger partial charge in [-0.05, 0) is 12.8 Å². The smallest absolute Gasteiger partial charge is 0.326 e. The van der Waals surface area contributed by atoms with E-state index in [1.807, 2.05) is 0 Å². The van der Waals surface area contributed by atoms with Gasteiger partial charge in [0.2, 0.25) is 17.7 Å². The summed E-state index contributed by atoms with van der Waals surface area (Å²) < 4.78 is 0. The molecule has 2 rings (SSSR count). The maximum Gasteiger partial charge on any atom is 0.326 e. The topological polar surface area (TPSA) is 191 Å². The van der Waals surface area contributed by atoms with Crippen molar-refractivity contribution >= 4 is 29.7 Å². The van der Waals surface area contributed by atoms with E-state index in [-0.39, 0.29) is 25.2 Å². The average molecular weight is 395 g/mol. The number of H-pyrrole nitrogens is 1. The van der Waals surface area contributed by atoms with Crippen molar-refractivity contribution in [1.29, 1.82) is 0 Å². The van der Waals surface area contributed by atoms with Gasteiger partial charge in [-0.3, -0.25) is 19.2 Å². The minimum absolute atomic E-state index is 0.00348. The fourth-order valence-electron chi connectivity index (χ4n) is 2.71. The standard InChI is InChI=1S/C16H21N5O7/c22-12-3-1-9(19-12)14(25)21-11(5-8-6-17-7-18-8)15(26)20-10(16(27)28)2-4-13(23)24/h6-7,9-11H,1-5H2,(H,17,18)(H,19,22)(H,20,26)(H,21,25)(H,23,24)(H,27,28). The number of hydrogen-bond donors (Lipinski definition) is 6. The number of carbonyl (C=O) groups is 5. The predicted octanol–water partition coefficient (Wildman–Crippen LogP) is -1.85. The summed E-state index contributed by atoms with van der Waals surface area (Å²) in [6.45, 7) is 0. The second-order valence-electron chi connectivity index (χ2n) is 6.33. The molecule has 1 aliphatic rings. The van der Waals surface area contributed by atoms with Crippen LogP contribution in [0, 0.1) is 0 Å². The lowest BCUT2D eigenvalue weighted by Gasteiger charge is -2.22. The van der Waals surface area contributed by atoms with Crippen LogP contribution in [-0.2, 0) is 30.4 Å². The van der Waals surface area contributed by atoms with Gasteiger partial charge in [-0.25, -0.2) is 9.78 Å². The molecule has 2 heterocycles. The van der Waals surface area contributed by atoms with Crippen LogP contribution in [0.3, 0.4) is 0 Å². The molecule has 0 aliphatic carbocycles. The predicted molar refractivity (Wildman–Crippen MR) is 91.8 cm³/mol. The Hall–Kier alpha value is -3.44. The summed E-state index contributed by atoms with van der Waals surface area (Å²) in [6.07, 6.45) is 2.58. The van der Waals surface area contributed by atoms with Gasteiger partial charge < -0.3 is 31.1 Å². The van der Waals surface area contributed by atoms with Crippen LogP contribution in [0.1, 0.15) is 31.4 Å². The van der Waals surface area contributed by atoms with Crippen LogP contribution in [-0.4, -0.2) is 68.0 Å². The first-order valence-corrected chi connectivity index (χ1v) is 8.58. The van der Waals surface area contributed by atoms with Crippen LogP contribution in [0.15, 0.2) is 12.5 Å². The van der Waals surface area contributed by atoms with E-state index in [1.165, 1.54) is 12.5 Å². The number of imidazole rings is 1. The number of carbonyl (C=O) groups excluding carboxylic acids is 3. The Morgan fingerprint density at radius 1 is 1.21 bits per heavy atom. The summed E-state index contributed by atoms with van der Waals surface area (Å²) in [7, 11) is 0. The number of nitrogens with one attached hydrogen (secondary N) is 4. The van der Waals surface area contributed by atoms with Crippen LogP contribution in [0.4, 0.5) is 0 Å². The van der Waals surface area contributed by atoms with Gasteiger partial charge in [-0.1, -0.05) is 0 Å². The number of aliphatic carboxylic acids is 2. The highest BCUT2D eigenvalue weighted by atomic mass is 16.4. The molecule has 1 aliphatic heterocycles. The van der Waals surface area contributed by atoms with Crippen molar-refractivity contribution in [3.63, 3.8) is 0 Å². The van der Waals surface area contributed by atoms with Crippen molar-refractivity contribution in [1.82, 2.24) is 25.9 Å². The molecule has 0 saturated carbocycles. The largest absolute Gasteiger partial charge is 0.481 e. The zero-order valence-electron chi connectivity index (χ0n) is 14.8. The van der Waals surface area contributed by atoms with E-state index in [0.29, 0.717) is 12.1 Å². The summed E-state index contributed by atoms with van der Waals surface area (Å²) in [5, 5.41) is 25.2. The molecule has 0 radical (unpaired) electrons. The monoisotopic (exact) mass is 395 g/mol. The molecule has 3 atom stereocenters. The maximum absolute atomic E-state index is 12.6. The number of carboxylic acids is 2. The van der Waals surface area contributed by atoms with Gasteiger partial charge in [-0.2, -0.15) is 0 Å². The van der Waals surface area contributed by atoms with Crippen molar-refractivity contribution in [3.05, 3.63) is 18.2 Å². The fraction of sp³-hybridized carbons (Fsp3) is 0.500. The van der Waals surface area contributed by atoms with Crippen LogP contribution in [0.2, 0.25) is 0 Å². The number of rotatable bonds is 10. The normalized spacial score (nSPS) is 18.0. The van der Waals surface area contributed by atoms with Gasteiger partial charge in [0.15, 0.2) is 0 Å². The second-order valence-corrected chi connectivity index (χ2v) is 6.33. The van der Waals surface area contributed by atoms with E-state index in [0.717, 1.165) is 0 Å². The molecule has 1 saturated heterocycles. The molecule has 6 N–H and O–H groups in total. The van der Waals surface area contributed by atoms with Crippen molar-refractivity contribution < 1.29 is 34.2 Å². The molecule has 152 valence electrons. The van der Waals surface area contributed by atoms with Gasteiger partial charge >= 0.3 is 11.9 Å². The summed E-state index contributed by atoms with van der Waals surface area (Å²) >= 11 is 0. The minimum atomic E-state index is -1.42. The Kier molecular flexibility index (Phi) is 7.07. The molecule has 3 unspecified atom stereocenters. The van der Waals surface area contributed by atoms with Gasteiger partial charge in [-0.15, -0.1) is 0 Å². The molecule has 12 nitrogen and oxygen atoms in total. The average Bonchev–Trinajstić information content (AvgIpc) is 3.28. The molecule has 28 heavy (non-hydrogen) atoms. The molecule has 1 aromatic rings. The molecule has 12 heteroatoms. The molecule has 0 aromatic carbocycles. The number of amides is 3. The Morgan fingerprint density at radius 2 is 1.96 bits per heavy atom. The molecule has 1 aromatic heterocycles. The van der Waals surface area contributed by atoms with Crippen molar-refractivity contribution in [2.24, 2.45) is 0 Å². The number of aromatic nitrogens is 2. The molecule has 1 fully saturated rings. The lowest BCUT2D eigenvalue weighted by atomic mass is 10.1. The minimum Gasteiger partial charge on any atom is -0.481 e. The quantitative estimate of drug-likeness (QED) is 0.266. The van der Waals surface area contributed by atoms with E-state index in [1.54, 1.807) is 0 Å². The third-order valence-corrected chi connectivity index (χ3v) is 4.19. The van der Waals surface area contributed by atoms with Crippen molar-refractivity contribution in [2.75, 3.05) is 0 Å². The summed E-state index contributed by atoms with van der Waals surface area (Å²) in [5.41, 5.74) is 0.522. The van der Waals surface area contributed by atoms with Crippen LogP contribution in [0.5, 0.6) is 0 Å². The van der Waals surface area contributed by atoms with Crippen molar-refractivity contribution in [2.45, 2.75) is 50.2 Å². The number of nitrogens with zero attached hydrogens (tertiary/aromatic N) is 1. The van der Waals surface area contributed by atoms with Gasteiger partial charge in [0.1, 0.15) is 18.1 Å². The Morgan fingerprint density at radius 3 is 2.50 bits per heavy atom. The first kappa shape index (κ1) is 20.9. The Balaban J connectivity index is 2.06. The van der Waals surface area contributed by atoms with E-state index in [4.69, 9.17) is 5.11 Å². The van der Waals surface area contributed by atoms with Crippen LogP contribution >= 0.6 is 0 Å². The zero-order chi connectivity index (χ0) is 20.7. The molecular formula is C16H21N5O7. The highest BCUT2D eigenvalue weighted by Crippen LogP contribution is 2.08. The first-order chi connectivity index (χ1) is 13.3. The SMILES string of the molecule is O=C(O)CCC(NC(=O)C(Cc1cnc[nH]1)NC(=O)C1CCC(=O)N1)C(=O)O. The second kappa shape index (κ2) is 9.48. The van der Waals surface area contributed by atoms with E-state index in [2.05, 4.69) is 25.9 Å². The zero-order valence-corrected chi connectivity index (χ0v) is 14.8. The summed E-state index contributed by atoms with van der Waals surface area (Å²) in [4.78, 5) is 64.8. The maximum atomic E-state index is 12.6. The Labute approximate surface area is 159 Å². The lowest BCUT2D eigenvalue weighted by Crippen LogP contribution is -2.55. The number of carboxylic acid groups (broad SMARTS) is 2.